The van der Waals surface area contributed by atoms with Crippen LogP contribution in [-0.4, -0.2) is 66.8 Å². The lowest BCUT2D eigenvalue weighted by molar-refractivity contribution is -0.181. The highest BCUT2D eigenvalue weighted by Gasteiger charge is 2.40. The summed E-state index contributed by atoms with van der Waals surface area (Å²) in [6.07, 6.45) is 3.29. The Hall–Kier alpha value is -1.92. The smallest absolute Gasteiger partial charge is 0.253 e. The van der Waals surface area contributed by atoms with Gasteiger partial charge in [-0.2, -0.15) is 0 Å². The maximum Gasteiger partial charge on any atom is 0.253 e. The molecule has 2 amide bonds. The van der Waals surface area contributed by atoms with Crippen LogP contribution in [0.25, 0.3) is 0 Å². The van der Waals surface area contributed by atoms with Crippen molar-refractivity contribution in [3.05, 3.63) is 35.4 Å². The van der Waals surface area contributed by atoms with Crippen molar-refractivity contribution in [1.82, 2.24) is 9.80 Å². The summed E-state index contributed by atoms with van der Waals surface area (Å²) in [5.74, 6) is -0.441. The fourth-order valence-corrected chi connectivity index (χ4v) is 3.81. The van der Waals surface area contributed by atoms with E-state index in [9.17, 15) is 9.59 Å². The van der Waals surface area contributed by atoms with Crippen molar-refractivity contribution in [2.24, 2.45) is 0 Å². The zero-order valence-corrected chi connectivity index (χ0v) is 16.4. The maximum atomic E-state index is 12.8. The predicted octanol–water partition coefficient (Wildman–Crippen LogP) is 2.93. The van der Waals surface area contributed by atoms with Gasteiger partial charge in [0.25, 0.3) is 11.8 Å². The number of carbonyl (C=O) groups excluding carboxylic acids is 2. The second kappa shape index (κ2) is 8.85. The molecule has 2 heterocycles. The third-order valence-corrected chi connectivity index (χ3v) is 5.28. The summed E-state index contributed by atoms with van der Waals surface area (Å²) >= 11 is 0. The monoisotopic (exact) mass is 374 g/mol. The summed E-state index contributed by atoms with van der Waals surface area (Å²) in [7, 11) is 0. The van der Waals surface area contributed by atoms with Crippen LogP contribution in [0.15, 0.2) is 24.3 Å². The van der Waals surface area contributed by atoms with Gasteiger partial charge in [-0.05, 0) is 37.1 Å². The number of ether oxygens (including phenoxy) is 2. The fourth-order valence-electron chi connectivity index (χ4n) is 3.81. The molecule has 2 saturated heterocycles. The third-order valence-electron chi connectivity index (χ3n) is 5.28. The van der Waals surface area contributed by atoms with E-state index in [4.69, 9.17) is 9.47 Å². The molecule has 1 spiro atoms. The average molecular weight is 374 g/mol. The number of amides is 2. The molecule has 2 aliphatic heterocycles. The molecule has 2 aliphatic rings. The predicted molar refractivity (Wildman–Crippen MR) is 103 cm³/mol. The second-order valence-corrected chi connectivity index (χ2v) is 7.27. The highest BCUT2D eigenvalue weighted by Crippen LogP contribution is 2.31. The molecular formula is C21H30N2O4. The highest BCUT2D eigenvalue weighted by atomic mass is 16.7. The molecule has 27 heavy (non-hydrogen) atoms. The Bertz CT molecular complexity index is 637. The molecule has 2 fully saturated rings. The van der Waals surface area contributed by atoms with E-state index >= 15 is 0 Å². The average Bonchev–Trinajstić information content (AvgIpc) is 3.15. The van der Waals surface area contributed by atoms with E-state index in [1.165, 1.54) is 0 Å². The molecule has 0 N–H and O–H groups in total. The van der Waals surface area contributed by atoms with E-state index in [0.29, 0.717) is 50.3 Å². The highest BCUT2D eigenvalue weighted by molar-refractivity contribution is 5.97. The molecule has 0 radical (unpaired) electrons. The zero-order chi connectivity index (χ0) is 19.3. The van der Waals surface area contributed by atoms with Crippen molar-refractivity contribution in [2.45, 2.75) is 45.3 Å². The van der Waals surface area contributed by atoms with Gasteiger partial charge >= 0.3 is 0 Å². The van der Waals surface area contributed by atoms with Gasteiger partial charge in [-0.15, -0.1) is 0 Å². The Morgan fingerprint density at radius 1 is 0.963 bits per heavy atom. The molecule has 0 saturated carbocycles. The Balaban J connectivity index is 1.61. The van der Waals surface area contributed by atoms with Crippen LogP contribution in [0.1, 0.15) is 60.2 Å². The number of piperidine rings is 1. The zero-order valence-electron chi connectivity index (χ0n) is 16.4. The van der Waals surface area contributed by atoms with E-state index in [0.717, 1.165) is 25.9 Å². The van der Waals surface area contributed by atoms with Crippen molar-refractivity contribution in [1.29, 1.82) is 0 Å². The maximum absolute atomic E-state index is 12.8. The number of benzene rings is 1. The Morgan fingerprint density at radius 3 is 2.00 bits per heavy atom. The molecule has 6 nitrogen and oxygen atoms in total. The van der Waals surface area contributed by atoms with Crippen LogP contribution in [0.4, 0.5) is 0 Å². The minimum absolute atomic E-state index is 0.000758. The molecule has 0 aromatic heterocycles. The summed E-state index contributed by atoms with van der Waals surface area (Å²) in [5.41, 5.74) is 1.26. The molecule has 0 aliphatic carbocycles. The lowest BCUT2D eigenvalue weighted by Crippen LogP contribution is -2.47. The van der Waals surface area contributed by atoms with Gasteiger partial charge in [0.1, 0.15) is 0 Å². The van der Waals surface area contributed by atoms with E-state index in [-0.39, 0.29) is 11.8 Å². The minimum atomic E-state index is -0.477. The molecule has 6 heteroatoms. The fraction of sp³-hybridized carbons (Fsp3) is 0.619. The molecule has 3 rings (SSSR count). The quantitative estimate of drug-likeness (QED) is 0.768. The van der Waals surface area contributed by atoms with Crippen molar-refractivity contribution >= 4 is 11.8 Å². The standard InChI is InChI=1S/C21H30N2O4/c1-3-11-22(12-4-2)19(24)17-5-7-18(8-6-17)20(25)23-13-9-21(10-14-23)26-15-16-27-21/h5-8H,3-4,9-16H2,1-2H3. The Kier molecular flexibility index (Phi) is 6.50. The minimum Gasteiger partial charge on any atom is -0.347 e. The Labute approximate surface area is 161 Å². The SMILES string of the molecule is CCCN(CCC)C(=O)c1ccc(C(=O)N2CCC3(CC2)OCCO3)cc1. The molecule has 0 unspecified atom stereocenters. The van der Waals surface area contributed by atoms with E-state index in [1.807, 2.05) is 9.80 Å². The lowest BCUT2D eigenvalue weighted by Gasteiger charge is -2.37. The van der Waals surface area contributed by atoms with Gasteiger partial charge in [-0.1, -0.05) is 13.8 Å². The van der Waals surface area contributed by atoms with Crippen LogP contribution < -0.4 is 0 Å². The first-order valence-corrected chi connectivity index (χ1v) is 10.0. The number of hydrogen-bond donors (Lipinski definition) is 0. The summed E-state index contributed by atoms with van der Waals surface area (Å²) < 4.78 is 11.4. The van der Waals surface area contributed by atoms with Crippen LogP contribution in [0.3, 0.4) is 0 Å². The summed E-state index contributed by atoms with van der Waals surface area (Å²) in [6, 6.07) is 7.06. The van der Waals surface area contributed by atoms with E-state index < -0.39 is 5.79 Å². The number of nitrogens with zero attached hydrogens (tertiary/aromatic N) is 2. The molecule has 1 aromatic rings. The largest absolute Gasteiger partial charge is 0.347 e. The topological polar surface area (TPSA) is 59.1 Å². The van der Waals surface area contributed by atoms with Gasteiger partial charge in [0.15, 0.2) is 5.79 Å². The van der Waals surface area contributed by atoms with Gasteiger partial charge in [-0.3, -0.25) is 9.59 Å². The van der Waals surface area contributed by atoms with Gasteiger partial charge in [0, 0.05) is 50.1 Å². The third kappa shape index (κ3) is 4.50. The van der Waals surface area contributed by atoms with E-state index in [1.54, 1.807) is 24.3 Å². The van der Waals surface area contributed by atoms with Gasteiger partial charge < -0.3 is 19.3 Å². The van der Waals surface area contributed by atoms with Crippen LogP contribution in [-0.2, 0) is 9.47 Å². The van der Waals surface area contributed by atoms with Crippen LogP contribution in [0.5, 0.6) is 0 Å². The first-order chi connectivity index (χ1) is 13.1. The molecule has 0 atom stereocenters. The van der Waals surface area contributed by atoms with Crippen LogP contribution in [0, 0.1) is 0 Å². The number of rotatable bonds is 6. The Morgan fingerprint density at radius 2 is 1.48 bits per heavy atom. The molecule has 1 aromatic carbocycles. The van der Waals surface area contributed by atoms with Gasteiger partial charge in [-0.25, -0.2) is 0 Å². The summed E-state index contributed by atoms with van der Waals surface area (Å²) in [5, 5.41) is 0. The lowest BCUT2D eigenvalue weighted by atomic mass is 10.0. The normalized spacial score (nSPS) is 18.7. The van der Waals surface area contributed by atoms with Gasteiger partial charge in [0.2, 0.25) is 0 Å². The van der Waals surface area contributed by atoms with Crippen molar-refractivity contribution in [3.63, 3.8) is 0 Å². The summed E-state index contributed by atoms with van der Waals surface area (Å²) in [4.78, 5) is 29.1. The van der Waals surface area contributed by atoms with Gasteiger partial charge in [0.05, 0.1) is 13.2 Å². The number of hydrogen-bond acceptors (Lipinski definition) is 4. The molecule has 0 bridgehead atoms. The van der Waals surface area contributed by atoms with Crippen molar-refractivity contribution < 1.29 is 19.1 Å². The second-order valence-electron chi connectivity index (χ2n) is 7.27. The number of likely N-dealkylation sites (tertiary alicyclic amines) is 1. The first-order valence-electron chi connectivity index (χ1n) is 10.0. The van der Waals surface area contributed by atoms with Crippen LogP contribution >= 0.6 is 0 Å². The van der Waals surface area contributed by atoms with Crippen LogP contribution in [0.2, 0.25) is 0 Å². The summed E-state index contributed by atoms with van der Waals surface area (Å²) in [6.45, 7) is 8.18. The number of carbonyl (C=O) groups is 2. The molecular weight excluding hydrogens is 344 g/mol. The van der Waals surface area contributed by atoms with Crippen molar-refractivity contribution in [3.8, 4) is 0 Å². The van der Waals surface area contributed by atoms with Crippen molar-refractivity contribution in [2.75, 3.05) is 39.4 Å². The molecule has 148 valence electrons. The first kappa shape index (κ1) is 19.8. The van der Waals surface area contributed by atoms with E-state index in [2.05, 4.69) is 13.8 Å².